The molecular weight excluding hydrogens is 539 g/mol. The highest BCUT2D eigenvalue weighted by Gasteiger charge is 2.13. The Balaban J connectivity index is 0.00000420. The summed E-state index contributed by atoms with van der Waals surface area (Å²) in [4.78, 5) is 5.11. The molecule has 0 fully saturated rings. The minimum atomic E-state index is -2.93. The van der Waals surface area contributed by atoms with Crippen LogP contribution in [0.4, 0.5) is 8.78 Å². The molecule has 1 atom stereocenters. The molecule has 0 amide bonds. The molecule has 0 radical (unpaired) electrons. The fourth-order valence-corrected chi connectivity index (χ4v) is 3.37. The Morgan fingerprint density at radius 1 is 1.28 bits per heavy atom. The van der Waals surface area contributed by atoms with Crippen LogP contribution in [-0.4, -0.2) is 37.9 Å². The van der Waals surface area contributed by atoms with E-state index in [1.807, 2.05) is 6.92 Å². The molecule has 0 aliphatic carbocycles. The molecule has 6 nitrogen and oxygen atoms in total. The quantitative estimate of drug-likeness (QED) is 0.240. The van der Waals surface area contributed by atoms with Crippen LogP contribution in [-0.2, 0) is 6.54 Å². The molecule has 0 saturated heterocycles. The molecule has 3 N–H and O–H groups in total. The number of halogens is 4. The van der Waals surface area contributed by atoms with Crippen molar-refractivity contribution in [1.29, 1.82) is 0 Å². The third-order valence-corrected chi connectivity index (χ3v) is 4.95. The Labute approximate surface area is 194 Å². The number of hydrogen-bond acceptors (Lipinski definition) is 5. The van der Waals surface area contributed by atoms with Crippen molar-refractivity contribution in [2.45, 2.75) is 26.2 Å². The molecule has 1 aromatic carbocycles. The highest BCUT2D eigenvalue weighted by molar-refractivity contribution is 14.0. The van der Waals surface area contributed by atoms with Gasteiger partial charge in [-0.1, -0.05) is 11.6 Å². The zero-order valence-electron chi connectivity index (χ0n) is 15.8. The smallest absolute Gasteiger partial charge is 0.387 e. The fraction of sp³-hybridized carbons (Fsp3) is 0.389. The van der Waals surface area contributed by atoms with Crippen LogP contribution >= 0.6 is 46.9 Å². The summed E-state index contributed by atoms with van der Waals surface area (Å²) in [5, 5.41) is 16.3. The third-order valence-electron chi connectivity index (χ3n) is 3.62. The van der Waals surface area contributed by atoms with Gasteiger partial charge in [-0.2, -0.15) is 8.78 Å². The summed E-state index contributed by atoms with van der Waals surface area (Å²) in [6.07, 6.45) is -0.754. The van der Waals surface area contributed by atoms with E-state index in [0.29, 0.717) is 28.2 Å². The Bertz CT molecular complexity index is 795. The van der Waals surface area contributed by atoms with E-state index in [4.69, 9.17) is 16.3 Å². The Kier molecular flexibility index (Phi) is 11.5. The van der Waals surface area contributed by atoms with Crippen LogP contribution in [0.15, 0.2) is 35.3 Å². The second kappa shape index (κ2) is 13.0. The van der Waals surface area contributed by atoms with Crippen LogP contribution in [0.1, 0.15) is 23.5 Å². The molecule has 162 valence electrons. The van der Waals surface area contributed by atoms with E-state index in [0.717, 1.165) is 4.88 Å². The van der Waals surface area contributed by atoms with Crippen molar-refractivity contribution in [2.75, 3.05) is 20.2 Å². The summed E-state index contributed by atoms with van der Waals surface area (Å²) in [6, 6.07) is 8.02. The van der Waals surface area contributed by atoms with Crippen molar-refractivity contribution >= 4 is 52.9 Å². The molecule has 1 aromatic heterocycles. The van der Waals surface area contributed by atoms with Gasteiger partial charge in [-0.05, 0) is 37.3 Å². The van der Waals surface area contributed by atoms with Crippen LogP contribution in [0.2, 0.25) is 4.34 Å². The topological polar surface area (TPSA) is 75.1 Å². The molecule has 0 aliphatic rings. The standard InChI is InChI=1S/C18H22ClF2N3O3S.HI/c1-3-22-18(24-10-13(25)15-6-7-16(19)28-15)23-9-11-8-12(26-2)4-5-14(11)27-17(20)21;/h4-8,13,17,25H,3,9-10H2,1-2H3,(H2,22,23,24);1H. The molecule has 11 heteroatoms. The number of aliphatic hydroxyl groups excluding tert-OH is 1. The summed E-state index contributed by atoms with van der Waals surface area (Å²) < 4.78 is 35.5. The highest BCUT2D eigenvalue weighted by Crippen LogP contribution is 2.27. The van der Waals surface area contributed by atoms with Crippen molar-refractivity contribution in [3.05, 3.63) is 45.1 Å². The predicted octanol–water partition coefficient (Wildman–Crippen LogP) is 4.42. The molecule has 29 heavy (non-hydrogen) atoms. The number of nitrogens with one attached hydrogen (secondary N) is 2. The first-order valence-corrected chi connectivity index (χ1v) is 9.69. The lowest BCUT2D eigenvalue weighted by Crippen LogP contribution is -2.39. The van der Waals surface area contributed by atoms with Gasteiger partial charge in [0.05, 0.1) is 18.0 Å². The van der Waals surface area contributed by atoms with Gasteiger partial charge in [0, 0.05) is 23.5 Å². The maximum absolute atomic E-state index is 12.6. The van der Waals surface area contributed by atoms with Crippen molar-refractivity contribution in [2.24, 2.45) is 4.99 Å². The number of nitrogens with zero attached hydrogens (tertiary/aromatic N) is 1. The third kappa shape index (κ3) is 8.49. The average molecular weight is 562 g/mol. The largest absolute Gasteiger partial charge is 0.497 e. The normalized spacial score (nSPS) is 12.3. The molecule has 0 spiro atoms. The number of aliphatic imine (C=N–C) groups is 1. The van der Waals surface area contributed by atoms with Crippen LogP contribution < -0.4 is 20.1 Å². The van der Waals surface area contributed by atoms with Gasteiger partial charge in [-0.15, -0.1) is 35.3 Å². The number of aliphatic hydroxyl groups is 1. The van der Waals surface area contributed by atoms with Crippen molar-refractivity contribution < 1.29 is 23.4 Å². The van der Waals surface area contributed by atoms with Crippen LogP contribution in [0.25, 0.3) is 0 Å². The molecule has 0 bridgehead atoms. The van der Waals surface area contributed by atoms with Crippen molar-refractivity contribution in [1.82, 2.24) is 10.6 Å². The molecule has 2 aromatic rings. The monoisotopic (exact) mass is 561 g/mol. The van der Waals surface area contributed by atoms with E-state index in [9.17, 15) is 13.9 Å². The number of rotatable bonds is 9. The SMILES string of the molecule is CCNC(=NCc1cc(OC)ccc1OC(F)F)NCC(O)c1ccc(Cl)s1.I. The van der Waals surface area contributed by atoms with Crippen molar-refractivity contribution in [3.63, 3.8) is 0 Å². The minimum Gasteiger partial charge on any atom is -0.497 e. The maximum Gasteiger partial charge on any atom is 0.387 e. The summed E-state index contributed by atoms with van der Waals surface area (Å²) in [6.45, 7) is -0.166. The molecule has 0 aliphatic heterocycles. The molecule has 1 heterocycles. The van der Waals surface area contributed by atoms with E-state index in [1.165, 1.54) is 30.6 Å². The maximum atomic E-state index is 12.6. The predicted molar refractivity (Wildman–Crippen MR) is 122 cm³/mol. The lowest BCUT2D eigenvalue weighted by molar-refractivity contribution is -0.0504. The second-order valence-electron chi connectivity index (χ2n) is 5.59. The number of alkyl halides is 2. The second-order valence-corrected chi connectivity index (χ2v) is 7.33. The van der Waals surface area contributed by atoms with E-state index >= 15 is 0 Å². The number of methoxy groups -OCH3 is 1. The zero-order valence-corrected chi connectivity index (χ0v) is 19.7. The van der Waals surface area contributed by atoms with Crippen molar-refractivity contribution in [3.8, 4) is 11.5 Å². The van der Waals surface area contributed by atoms with Gasteiger partial charge >= 0.3 is 6.61 Å². The van der Waals surface area contributed by atoms with E-state index in [1.54, 1.807) is 18.2 Å². The van der Waals surface area contributed by atoms with E-state index < -0.39 is 12.7 Å². The van der Waals surface area contributed by atoms with Gasteiger partial charge in [0.15, 0.2) is 5.96 Å². The number of benzene rings is 1. The van der Waals surface area contributed by atoms with Gasteiger partial charge in [0.25, 0.3) is 0 Å². The average Bonchev–Trinajstić information content (AvgIpc) is 3.10. The van der Waals surface area contributed by atoms with E-state index in [-0.39, 0.29) is 42.8 Å². The molecule has 1 unspecified atom stereocenters. The lowest BCUT2D eigenvalue weighted by atomic mass is 10.2. The summed E-state index contributed by atoms with van der Waals surface area (Å²) in [5.41, 5.74) is 0.447. The van der Waals surface area contributed by atoms with Gasteiger partial charge in [0.2, 0.25) is 0 Å². The molecular formula is C18H23ClF2IN3O3S. The van der Waals surface area contributed by atoms with E-state index in [2.05, 4.69) is 20.4 Å². The number of ether oxygens (including phenoxy) is 2. The first-order valence-electron chi connectivity index (χ1n) is 8.50. The van der Waals surface area contributed by atoms with Crippen LogP contribution in [0, 0.1) is 0 Å². The van der Waals surface area contributed by atoms with Gasteiger partial charge < -0.3 is 25.2 Å². The zero-order chi connectivity index (χ0) is 20.5. The van der Waals surface area contributed by atoms with Gasteiger partial charge in [0.1, 0.15) is 17.6 Å². The highest BCUT2D eigenvalue weighted by atomic mass is 127. The summed E-state index contributed by atoms with van der Waals surface area (Å²) >= 11 is 7.18. The Hall–Kier alpha value is -1.37. The van der Waals surface area contributed by atoms with Crippen LogP contribution in [0.3, 0.4) is 0 Å². The first-order chi connectivity index (χ1) is 13.4. The van der Waals surface area contributed by atoms with Crippen LogP contribution in [0.5, 0.6) is 11.5 Å². The number of thiophene rings is 1. The summed E-state index contributed by atoms with van der Waals surface area (Å²) in [7, 11) is 1.49. The molecule has 0 saturated carbocycles. The Morgan fingerprint density at radius 3 is 2.62 bits per heavy atom. The molecule has 2 rings (SSSR count). The first kappa shape index (κ1) is 25.7. The van der Waals surface area contributed by atoms with Gasteiger partial charge in [-0.25, -0.2) is 4.99 Å². The minimum absolute atomic E-state index is 0. The summed E-state index contributed by atoms with van der Waals surface area (Å²) in [5.74, 6) is 0.966. The fourth-order valence-electron chi connectivity index (χ4n) is 2.32. The van der Waals surface area contributed by atoms with Gasteiger partial charge in [-0.3, -0.25) is 0 Å². The number of guanidine groups is 1. The Morgan fingerprint density at radius 2 is 2.03 bits per heavy atom. The number of hydrogen-bond donors (Lipinski definition) is 3. The lowest BCUT2D eigenvalue weighted by Gasteiger charge is -2.15.